The van der Waals surface area contributed by atoms with E-state index in [0.717, 1.165) is 11.3 Å². The van der Waals surface area contributed by atoms with Crippen molar-refractivity contribution in [1.82, 2.24) is 9.55 Å². The maximum atomic E-state index is 13.9. The first-order chi connectivity index (χ1) is 15.7. The smallest absolute Gasteiger partial charge is 0.374 e. The molecule has 33 heavy (non-hydrogen) atoms. The molecule has 11 heteroatoms. The van der Waals surface area contributed by atoms with Gasteiger partial charge in [-0.15, -0.1) is 0 Å². The lowest BCUT2D eigenvalue weighted by atomic mass is 10.0. The van der Waals surface area contributed by atoms with Crippen LogP contribution in [0.1, 0.15) is 28.8 Å². The van der Waals surface area contributed by atoms with Crippen LogP contribution in [-0.2, 0) is 11.3 Å². The average molecular weight is 459 g/mol. The molecule has 8 nitrogen and oxygen atoms in total. The Morgan fingerprint density at radius 2 is 2.12 bits per heavy atom. The Morgan fingerprint density at radius 1 is 1.30 bits per heavy atom. The van der Waals surface area contributed by atoms with Crippen LogP contribution in [0.5, 0.6) is 0 Å². The van der Waals surface area contributed by atoms with Crippen molar-refractivity contribution >= 4 is 17.5 Å². The predicted octanol–water partition coefficient (Wildman–Crippen LogP) is 2.12. The summed E-state index contributed by atoms with van der Waals surface area (Å²) in [5, 5.41) is 9.07. The summed E-state index contributed by atoms with van der Waals surface area (Å²) in [5.41, 5.74) is -0.0990. The Bertz CT molecular complexity index is 1200. The lowest BCUT2D eigenvalue weighted by Gasteiger charge is -2.39. The largest absolute Gasteiger partial charge is 0.408 e. The van der Waals surface area contributed by atoms with Crippen molar-refractivity contribution in [1.29, 1.82) is 5.26 Å². The number of Topliss-reactive ketones (excluding diaryl/α,β-unsaturated/α-hetero) is 1. The second-order valence-corrected chi connectivity index (χ2v) is 8.49. The van der Waals surface area contributed by atoms with E-state index in [1.54, 1.807) is 0 Å². The molecule has 2 aromatic rings. The van der Waals surface area contributed by atoms with Gasteiger partial charge in [0, 0.05) is 24.7 Å². The molecular weight excluding hydrogens is 439 g/mol. The molecule has 2 bridgehead atoms. The first kappa shape index (κ1) is 21.5. The highest BCUT2D eigenvalue weighted by Crippen LogP contribution is 2.36. The molecule has 172 valence electrons. The van der Waals surface area contributed by atoms with Crippen molar-refractivity contribution in [3.05, 3.63) is 51.8 Å². The Hall–Kier alpha value is -3.39. The van der Waals surface area contributed by atoms with E-state index in [4.69, 9.17) is 10.00 Å². The Labute approximate surface area is 186 Å². The molecule has 0 aliphatic carbocycles. The fourth-order valence-electron chi connectivity index (χ4n) is 4.81. The molecule has 0 spiro atoms. The number of ketones is 1. The van der Waals surface area contributed by atoms with Crippen molar-refractivity contribution in [2.75, 3.05) is 29.5 Å². The van der Waals surface area contributed by atoms with Crippen LogP contribution in [0, 0.1) is 11.3 Å². The summed E-state index contributed by atoms with van der Waals surface area (Å²) in [5.74, 6) is -0.462. The molecule has 2 fully saturated rings. The number of nitriles is 1. The molecule has 0 radical (unpaired) electrons. The number of anilines is 2. The number of hydrogen-bond acceptors (Lipinski definition) is 7. The number of alkyl halides is 3. The molecule has 5 rings (SSSR count). The van der Waals surface area contributed by atoms with Crippen molar-refractivity contribution in [2.45, 2.75) is 43.8 Å². The zero-order valence-electron chi connectivity index (χ0n) is 17.5. The SMILES string of the molecule is N#Cc1cccc(C(=O)CN2c3nc(N4CC5CC4CO5)cc(=O)n3CC[C@H]2C(F)(F)F)c1. The van der Waals surface area contributed by atoms with Crippen LogP contribution >= 0.6 is 0 Å². The average Bonchev–Trinajstić information content (AvgIpc) is 3.42. The van der Waals surface area contributed by atoms with Gasteiger partial charge in [-0.25, -0.2) is 0 Å². The summed E-state index contributed by atoms with van der Waals surface area (Å²) < 4.78 is 48.6. The van der Waals surface area contributed by atoms with Crippen LogP contribution in [0.15, 0.2) is 35.1 Å². The van der Waals surface area contributed by atoms with E-state index in [-0.39, 0.29) is 42.2 Å². The van der Waals surface area contributed by atoms with Crippen molar-refractivity contribution in [3.63, 3.8) is 0 Å². The van der Waals surface area contributed by atoms with E-state index < -0.39 is 30.1 Å². The fraction of sp³-hybridized carbons (Fsp3) is 0.455. The van der Waals surface area contributed by atoms with Crippen molar-refractivity contribution in [3.8, 4) is 6.07 Å². The van der Waals surface area contributed by atoms with Gasteiger partial charge in [-0.3, -0.25) is 14.2 Å². The molecular formula is C22H20F3N5O3. The van der Waals surface area contributed by atoms with Crippen LogP contribution in [0.3, 0.4) is 0 Å². The minimum atomic E-state index is -4.62. The van der Waals surface area contributed by atoms with Gasteiger partial charge >= 0.3 is 6.18 Å². The number of halogens is 3. The van der Waals surface area contributed by atoms with Gasteiger partial charge in [0.15, 0.2) is 5.78 Å². The summed E-state index contributed by atoms with van der Waals surface area (Å²) in [6.07, 6.45) is -4.19. The van der Waals surface area contributed by atoms with Gasteiger partial charge < -0.3 is 14.5 Å². The molecule has 0 saturated carbocycles. The molecule has 1 aromatic heterocycles. The lowest BCUT2D eigenvalue weighted by molar-refractivity contribution is -0.152. The zero-order valence-corrected chi connectivity index (χ0v) is 17.5. The summed E-state index contributed by atoms with van der Waals surface area (Å²) in [6, 6.07) is 7.12. The first-order valence-corrected chi connectivity index (χ1v) is 10.6. The minimum absolute atomic E-state index is 0.0172. The number of benzene rings is 1. The van der Waals surface area contributed by atoms with Gasteiger partial charge in [-0.1, -0.05) is 12.1 Å². The van der Waals surface area contributed by atoms with E-state index >= 15 is 0 Å². The first-order valence-electron chi connectivity index (χ1n) is 10.6. The maximum Gasteiger partial charge on any atom is 0.408 e. The Balaban J connectivity index is 1.54. The summed E-state index contributed by atoms with van der Waals surface area (Å²) >= 11 is 0. The molecule has 1 aromatic carbocycles. The quantitative estimate of drug-likeness (QED) is 0.647. The lowest BCUT2D eigenvalue weighted by Crippen LogP contribution is -2.54. The fourth-order valence-corrected chi connectivity index (χ4v) is 4.81. The van der Waals surface area contributed by atoms with Gasteiger partial charge in [-0.05, 0) is 25.0 Å². The highest BCUT2D eigenvalue weighted by molar-refractivity contribution is 5.99. The van der Waals surface area contributed by atoms with Gasteiger partial charge in [0.2, 0.25) is 5.95 Å². The third-order valence-corrected chi connectivity index (χ3v) is 6.43. The molecule has 0 amide bonds. The molecule has 3 aliphatic rings. The predicted molar refractivity (Wildman–Crippen MR) is 111 cm³/mol. The zero-order chi connectivity index (χ0) is 23.3. The van der Waals surface area contributed by atoms with Crippen molar-refractivity contribution < 1.29 is 22.7 Å². The molecule has 3 aliphatic heterocycles. The third-order valence-electron chi connectivity index (χ3n) is 6.43. The third kappa shape index (κ3) is 3.84. The highest BCUT2D eigenvalue weighted by atomic mass is 19.4. The number of rotatable bonds is 4. The van der Waals surface area contributed by atoms with E-state index in [1.807, 2.05) is 11.0 Å². The number of carbonyl (C=O) groups is 1. The van der Waals surface area contributed by atoms with Gasteiger partial charge in [0.25, 0.3) is 5.56 Å². The van der Waals surface area contributed by atoms with E-state index in [1.165, 1.54) is 34.9 Å². The Morgan fingerprint density at radius 3 is 2.79 bits per heavy atom. The van der Waals surface area contributed by atoms with Crippen LogP contribution < -0.4 is 15.4 Å². The number of ether oxygens (including phenoxy) is 1. The van der Waals surface area contributed by atoms with Crippen molar-refractivity contribution in [2.24, 2.45) is 0 Å². The van der Waals surface area contributed by atoms with Gasteiger partial charge in [0.05, 0.1) is 36.9 Å². The number of fused-ring (bicyclic) bond motifs is 3. The van der Waals surface area contributed by atoms with E-state index in [0.29, 0.717) is 19.0 Å². The summed E-state index contributed by atoms with van der Waals surface area (Å²) in [4.78, 5) is 33.0. The van der Waals surface area contributed by atoms with E-state index in [2.05, 4.69) is 4.98 Å². The molecule has 4 heterocycles. The monoisotopic (exact) mass is 459 g/mol. The number of carbonyl (C=O) groups excluding carboxylic acids is 1. The number of nitrogens with zero attached hydrogens (tertiary/aromatic N) is 5. The number of morpholine rings is 1. The normalized spacial score (nSPS) is 24.0. The molecule has 3 atom stereocenters. The minimum Gasteiger partial charge on any atom is -0.374 e. The molecule has 2 unspecified atom stereocenters. The number of hydrogen-bond donors (Lipinski definition) is 0. The second kappa shape index (κ2) is 7.88. The summed E-state index contributed by atoms with van der Waals surface area (Å²) in [7, 11) is 0. The van der Waals surface area contributed by atoms with Crippen LogP contribution in [0.4, 0.5) is 24.9 Å². The standard InChI is InChI=1S/C22H20F3N5O3/c23-22(24,25)18-4-5-28-20(32)8-19(29-10-16-7-15(29)12-33-16)27-21(28)30(18)11-17(31)14-3-1-2-13(6-14)9-26/h1-3,6,8,15-16,18H,4-5,7,10-12H2/t15?,16?,18-/m0/s1. The van der Waals surface area contributed by atoms with Gasteiger partial charge in [-0.2, -0.15) is 23.4 Å². The molecule has 2 saturated heterocycles. The molecule has 0 N–H and O–H groups in total. The highest BCUT2D eigenvalue weighted by Gasteiger charge is 2.48. The van der Waals surface area contributed by atoms with Crippen LogP contribution in [0.25, 0.3) is 0 Å². The number of aromatic nitrogens is 2. The Kier molecular flexibility index (Phi) is 5.12. The second-order valence-electron chi connectivity index (χ2n) is 8.49. The van der Waals surface area contributed by atoms with E-state index in [9.17, 15) is 22.8 Å². The van der Waals surface area contributed by atoms with Crippen LogP contribution in [0.2, 0.25) is 0 Å². The van der Waals surface area contributed by atoms with Crippen LogP contribution in [-0.4, -0.2) is 59.4 Å². The van der Waals surface area contributed by atoms with Gasteiger partial charge in [0.1, 0.15) is 11.9 Å². The summed E-state index contributed by atoms with van der Waals surface area (Å²) in [6.45, 7) is 0.232. The topological polar surface area (TPSA) is 91.5 Å². The maximum absolute atomic E-state index is 13.9.